The van der Waals surface area contributed by atoms with Gasteiger partial charge in [0.2, 0.25) is 5.91 Å². The minimum Gasteiger partial charge on any atom is -0.619 e. The average Bonchev–Trinajstić information content (AvgIpc) is 3.42. The summed E-state index contributed by atoms with van der Waals surface area (Å²) >= 11 is 0. The van der Waals surface area contributed by atoms with E-state index in [4.69, 9.17) is 0 Å². The van der Waals surface area contributed by atoms with Crippen LogP contribution in [0.3, 0.4) is 0 Å². The molecule has 1 amide bonds. The van der Waals surface area contributed by atoms with Gasteiger partial charge in [0.1, 0.15) is 5.82 Å². The van der Waals surface area contributed by atoms with Crippen molar-refractivity contribution in [3.63, 3.8) is 0 Å². The van der Waals surface area contributed by atoms with Gasteiger partial charge in [0, 0.05) is 34.9 Å². The number of rotatable bonds is 3. The number of nitrogens with one attached hydrogen (secondary N) is 1. The predicted octanol–water partition coefficient (Wildman–Crippen LogP) is 3.94. The molecule has 0 unspecified atom stereocenters. The number of carbonyl (C=O) groups is 1. The third-order valence-corrected chi connectivity index (χ3v) is 5.00. The first-order valence-electron chi connectivity index (χ1n) is 8.64. The summed E-state index contributed by atoms with van der Waals surface area (Å²) in [7, 11) is 0. The molecule has 0 radical (unpaired) electrons. The van der Waals surface area contributed by atoms with Crippen LogP contribution in [0.2, 0.25) is 0 Å². The van der Waals surface area contributed by atoms with E-state index in [1.165, 1.54) is 0 Å². The number of fused-ring (bicyclic) bond motifs is 1. The molecule has 0 saturated heterocycles. The summed E-state index contributed by atoms with van der Waals surface area (Å²) in [4.78, 5) is 16.2. The molecule has 1 aromatic heterocycles. The van der Waals surface area contributed by atoms with Crippen molar-refractivity contribution in [1.29, 1.82) is 0 Å². The zero-order valence-electron chi connectivity index (χ0n) is 14.5. The standard InChI is InChI=1S/C20H21N3O2/c1-20(2)7-8-23(25)12-17(20)15-6-5-14-10-18(21-11-16(14)9-15)22-19(24)13-3-4-13/h5-6,8-13H,3-4,7H2,1-2H3,(H,21,22,24). The normalized spacial score (nSPS) is 19.3. The Balaban J connectivity index is 1.66. The van der Waals surface area contributed by atoms with Crippen LogP contribution in [0.25, 0.3) is 16.3 Å². The molecule has 0 bridgehead atoms. The lowest BCUT2D eigenvalue weighted by Gasteiger charge is -2.28. The van der Waals surface area contributed by atoms with Gasteiger partial charge >= 0.3 is 0 Å². The molecule has 1 fully saturated rings. The molecule has 5 heteroatoms. The summed E-state index contributed by atoms with van der Waals surface area (Å²) in [5.74, 6) is 0.811. The van der Waals surface area contributed by atoms with Gasteiger partial charge in [0.05, 0.1) is 0 Å². The fourth-order valence-electron chi connectivity index (χ4n) is 3.20. The number of hydrogen-bond donors (Lipinski definition) is 1. The zero-order valence-corrected chi connectivity index (χ0v) is 14.5. The molecular weight excluding hydrogens is 314 g/mol. The summed E-state index contributed by atoms with van der Waals surface area (Å²) in [6.07, 6.45) is 7.76. The van der Waals surface area contributed by atoms with E-state index in [-0.39, 0.29) is 17.2 Å². The van der Waals surface area contributed by atoms with Crippen LogP contribution in [0.1, 0.15) is 38.7 Å². The maximum atomic E-state index is 11.9. The fourth-order valence-corrected chi connectivity index (χ4v) is 3.20. The van der Waals surface area contributed by atoms with Crippen LogP contribution in [0.4, 0.5) is 5.82 Å². The van der Waals surface area contributed by atoms with Crippen molar-refractivity contribution < 1.29 is 9.53 Å². The number of allylic oxidation sites excluding steroid dienone is 1. The van der Waals surface area contributed by atoms with E-state index in [2.05, 4.69) is 30.2 Å². The summed E-state index contributed by atoms with van der Waals surface area (Å²) in [5, 5.41) is 16.6. The van der Waals surface area contributed by atoms with E-state index in [1.807, 2.05) is 18.2 Å². The fraction of sp³-hybridized carbons (Fsp3) is 0.350. The number of benzene rings is 1. The van der Waals surface area contributed by atoms with Gasteiger partial charge in [0.25, 0.3) is 0 Å². The van der Waals surface area contributed by atoms with Gasteiger partial charge in [-0.2, -0.15) is 4.74 Å². The Labute approximate surface area is 146 Å². The molecule has 2 heterocycles. The highest BCUT2D eigenvalue weighted by Crippen LogP contribution is 2.39. The van der Waals surface area contributed by atoms with Crippen molar-refractivity contribution in [3.05, 3.63) is 47.4 Å². The first-order chi connectivity index (χ1) is 11.9. The first-order valence-corrected chi connectivity index (χ1v) is 8.64. The lowest BCUT2D eigenvalue weighted by Crippen LogP contribution is -2.21. The second-order valence-electron chi connectivity index (χ2n) is 7.57. The molecule has 0 atom stereocenters. The Morgan fingerprint density at radius 1 is 1.28 bits per heavy atom. The van der Waals surface area contributed by atoms with Crippen LogP contribution in [-0.2, 0) is 4.79 Å². The Kier molecular flexibility index (Phi) is 3.60. The van der Waals surface area contributed by atoms with E-state index in [1.54, 1.807) is 18.6 Å². The number of nitrogens with zero attached hydrogens (tertiary/aromatic N) is 2. The summed E-state index contributed by atoms with van der Waals surface area (Å²) < 4.78 is 0.888. The predicted molar refractivity (Wildman–Crippen MR) is 99.2 cm³/mol. The summed E-state index contributed by atoms with van der Waals surface area (Å²) in [5.41, 5.74) is 1.97. The zero-order chi connectivity index (χ0) is 17.6. The maximum Gasteiger partial charge on any atom is 0.228 e. The molecule has 128 valence electrons. The molecule has 25 heavy (non-hydrogen) atoms. The van der Waals surface area contributed by atoms with Crippen molar-refractivity contribution in [2.45, 2.75) is 33.1 Å². The molecule has 2 aromatic rings. The summed E-state index contributed by atoms with van der Waals surface area (Å²) in [6, 6.07) is 8.00. The van der Waals surface area contributed by atoms with Crippen molar-refractivity contribution in [2.75, 3.05) is 5.32 Å². The number of anilines is 1. The molecule has 1 aromatic carbocycles. The SMILES string of the molecule is CC1(C)CC=[N+]([O-])C=C1c1ccc2cc(NC(=O)C3CC3)ncc2c1. The van der Waals surface area contributed by atoms with Crippen LogP contribution >= 0.6 is 0 Å². The molecule has 1 saturated carbocycles. The van der Waals surface area contributed by atoms with E-state index in [0.29, 0.717) is 12.2 Å². The van der Waals surface area contributed by atoms with Gasteiger partial charge in [-0.1, -0.05) is 26.0 Å². The third kappa shape index (κ3) is 3.14. The van der Waals surface area contributed by atoms with Crippen molar-refractivity contribution in [2.24, 2.45) is 11.3 Å². The molecule has 5 nitrogen and oxygen atoms in total. The topological polar surface area (TPSA) is 68.1 Å². The van der Waals surface area contributed by atoms with Crippen molar-refractivity contribution >= 4 is 34.3 Å². The van der Waals surface area contributed by atoms with Gasteiger partial charge in [-0.3, -0.25) is 4.79 Å². The van der Waals surface area contributed by atoms with Crippen LogP contribution in [-0.4, -0.2) is 21.8 Å². The molecular formula is C20H21N3O2. The minimum absolute atomic E-state index is 0.0596. The highest BCUT2D eigenvalue weighted by molar-refractivity contribution is 5.95. The van der Waals surface area contributed by atoms with Crippen LogP contribution in [0.15, 0.2) is 36.7 Å². The van der Waals surface area contributed by atoms with Gasteiger partial charge in [0.15, 0.2) is 12.4 Å². The van der Waals surface area contributed by atoms with Gasteiger partial charge in [-0.05, 0) is 35.9 Å². The average molecular weight is 335 g/mol. The van der Waals surface area contributed by atoms with E-state index in [0.717, 1.165) is 39.5 Å². The molecule has 1 aliphatic carbocycles. The molecule has 4 rings (SSSR count). The van der Waals surface area contributed by atoms with E-state index < -0.39 is 0 Å². The number of pyridine rings is 1. The highest BCUT2D eigenvalue weighted by atomic mass is 16.5. The molecule has 2 aliphatic rings. The Hall–Kier alpha value is -2.69. The van der Waals surface area contributed by atoms with E-state index >= 15 is 0 Å². The Morgan fingerprint density at radius 3 is 2.84 bits per heavy atom. The van der Waals surface area contributed by atoms with Gasteiger partial charge < -0.3 is 10.5 Å². The van der Waals surface area contributed by atoms with Crippen LogP contribution in [0.5, 0.6) is 0 Å². The first kappa shape index (κ1) is 15.8. The van der Waals surface area contributed by atoms with Gasteiger partial charge in [-0.25, -0.2) is 4.98 Å². The lowest BCUT2D eigenvalue weighted by atomic mass is 9.77. The Morgan fingerprint density at radius 2 is 2.08 bits per heavy atom. The van der Waals surface area contributed by atoms with E-state index in [9.17, 15) is 10.0 Å². The maximum absolute atomic E-state index is 11.9. The largest absolute Gasteiger partial charge is 0.619 e. The van der Waals surface area contributed by atoms with Crippen LogP contribution in [0, 0.1) is 16.5 Å². The third-order valence-electron chi connectivity index (χ3n) is 5.00. The summed E-state index contributed by atoms with van der Waals surface area (Å²) in [6.45, 7) is 4.28. The van der Waals surface area contributed by atoms with Crippen molar-refractivity contribution in [1.82, 2.24) is 4.98 Å². The van der Waals surface area contributed by atoms with Gasteiger partial charge in [-0.15, -0.1) is 0 Å². The highest BCUT2D eigenvalue weighted by Gasteiger charge is 2.31. The Bertz CT molecular complexity index is 924. The smallest absolute Gasteiger partial charge is 0.228 e. The minimum atomic E-state index is -0.0831. The number of hydrogen-bond acceptors (Lipinski definition) is 3. The number of amides is 1. The molecule has 1 N–H and O–H groups in total. The lowest BCUT2D eigenvalue weighted by molar-refractivity contribution is -0.376. The monoisotopic (exact) mass is 335 g/mol. The number of hydroxylamine groups is 1. The second kappa shape index (κ2) is 5.69. The molecule has 0 spiro atoms. The molecule has 1 aliphatic heterocycles. The number of carbonyl (C=O) groups excluding carboxylic acids is 1. The second-order valence-corrected chi connectivity index (χ2v) is 7.57. The quantitative estimate of drug-likeness (QED) is 0.682. The van der Waals surface area contributed by atoms with Crippen molar-refractivity contribution in [3.8, 4) is 0 Å². The number of aromatic nitrogens is 1. The van der Waals surface area contributed by atoms with Crippen LogP contribution < -0.4 is 5.32 Å².